The first-order valence-electron chi connectivity index (χ1n) is 5.12. The molecular formula is C11H10ClF4IO2. The van der Waals surface area contributed by atoms with Crippen LogP contribution in [0.25, 0.3) is 0 Å². The fourth-order valence-corrected chi connectivity index (χ4v) is 2.54. The van der Waals surface area contributed by atoms with Crippen molar-refractivity contribution in [2.45, 2.75) is 28.1 Å². The first-order chi connectivity index (χ1) is 8.53. The van der Waals surface area contributed by atoms with Crippen molar-refractivity contribution in [2.24, 2.45) is 0 Å². The Balaban J connectivity index is 2.76. The molecule has 0 fully saturated rings. The molecule has 1 rings (SSSR count). The predicted octanol–water partition coefficient (Wildman–Crippen LogP) is 4.30. The van der Waals surface area contributed by atoms with E-state index in [0.717, 1.165) is 0 Å². The molecule has 0 aliphatic rings. The molecule has 2 nitrogen and oxygen atoms in total. The molecule has 108 valence electrons. The molecule has 19 heavy (non-hydrogen) atoms. The summed E-state index contributed by atoms with van der Waals surface area (Å²) >= 11 is 5.93. The van der Waals surface area contributed by atoms with Crippen molar-refractivity contribution in [3.05, 3.63) is 23.8 Å². The van der Waals surface area contributed by atoms with Crippen molar-refractivity contribution in [2.75, 3.05) is 0 Å². The fraction of sp³-hybridized carbons (Fsp3) is 0.455. The highest BCUT2D eigenvalue weighted by Crippen LogP contribution is 2.42. The van der Waals surface area contributed by atoms with Gasteiger partial charge in [0.2, 0.25) is 0 Å². The van der Waals surface area contributed by atoms with Crippen LogP contribution in [0.3, 0.4) is 0 Å². The number of aromatic hydroxyl groups is 2. The van der Waals surface area contributed by atoms with Gasteiger partial charge in [0.25, 0.3) is 0 Å². The molecule has 1 atom stereocenters. The average Bonchev–Trinajstić information content (AvgIpc) is 2.21. The van der Waals surface area contributed by atoms with E-state index in [4.69, 9.17) is 0 Å². The van der Waals surface area contributed by atoms with Crippen LogP contribution in [0.4, 0.5) is 17.6 Å². The van der Waals surface area contributed by atoms with Gasteiger partial charge in [-0.2, -0.15) is 17.6 Å². The molecule has 0 aliphatic heterocycles. The molecule has 0 radical (unpaired) electrons. The lowest BCUT2D eigenvalue weighted by atomic mass is 10.0. The van der Waals surface area contributed by atoms with Crippen molar-refractivity contribution in [1.29, 1.82) is 0 Å². The van der Waals surface area contributed by atoms with Crippen LogP contribution >= 0.6 is 34.2 Å². The summed E-state index contributed by atoms with van der Waals surface area (Å²) in [6.07, 6.45) is -1.23. The van der Waals surface area contributed by atoms with E-state index in [1.54, 1.807) is 22.6 Å². The number of phenols is 2. The molecule has 0 heterocycles. The molecule has 0 saturated carbocycles. The van der Waals surface area contributed by atoms with E-state index in [1.165, 1.54) is 18.2 Å². The predicted molar refractivity (Wildman–Crippen MR) is 71.6 cm³/mol. The van der Waals surface area contributed by atoms with E-state index in [0.29, 0.717) is 0 Å². The zero-order chi connectivity index (χ0) is 14.8. The molecule has 1 unspecified atom stereocenters. The quantitative estimate of drug-likeness (QED) is 0.328. The topological polar surface area (TPSA) is 40.5 Å². The fourth-order valence-electron chi connectivity index (χ4n) is 1.44. The molecule has 0 bridgehead atoms. The van der Waals surface area contributed by atoms with E-state index >= 15 is 0 Å². The normalized spacial score (nSPS) is 14.4. The van der Waals surface area contributed by atoms with Gasteiger partial charge in [-0.15, -0.1) is 0 Å². The Bertz CT molecular complexity index is 451. The second-order valence-corrected chi connectivity index (χ2v) is 6.26. The van der Waals surface area contributed by atoms with Gasteiger partial charge in [0.05, 0.1) is 0 Å². The van der Waals surface area contributed by atoms with Gasteiger partial charge in [0, 0.05) is 10.3 Å². The summed E-state index contributed by atoms with van der Waals surface area (Å²) in [6, 6.07) is 3.61. The molecule has 0 saturated heterocycles. The average molecular weight is 413 g/mol. The third kappa shape index (κ3) is 4.55. The minimum atomic E-state index is -4.61. The van der Waals surface area contributed by atoms with E-state index in [1.807, 2.05) is 0 Å². The van der Waals surface area contributed by atoms with Crippen LogP contribution < -0.4 is 0 Å². The van der Waals surface area contributed by atoms with Crippen LogP contribution in [0.15, 0.2) is 18.2 Å². The number of hydrogen-bond donors (Lipinski definition) is 2. The van der Waals surface area contributed by atoms with Gasteiger partial charge < -0.3 is 10.2 Å². The summed E-state index contributed by atoms with van der Waals surface area (Å²) in [5, 5.41) is 14.1. The van der Waals surface area contributed by atoms with Crippen molar-refractivity contribution >= 4 is 34.2 Å². The van der Waals surface area contributed by atoms with Crippen LogP contribution in [0.2, 0.25) is 0 Å². The summed E-state index contributed by atoms with van der Waals surface area (Å²) in [5.74, 6) is -4.68. The molecule has 0 amide bonds. The Morgan fingerprint density at radius 2 is 1.79 bits per heavy atom. The second kappa shape index (κ2) is 5.90. The maximum absolute atomic E-state index is 13.1. The molecule has 0 spiro atoms. The highest BCUT2D eigenvalue weighted by atomic mass is 127. The zero-order valence-electron chi connectivity index (χ0n) is 9.39. The Hall–Kier alpha value is -0.440. The Labute approximate surface area is 125 Å². The smallest absolute Gasteiger partial charge is 0.384 e. The van der Waals surface area contributed by atoms with Crippen LogP contribution in [-0.2, 0) is 6.42 Å². The van der Waals surface area contributed by atoms with Crippen LogP contribution in [-0.4, -0.2) is 25.4 Å². The molecule has 0 aromatic heterocycles. The Kier molecular flexibility index (Phi) is 5.16. The monoisotopic (exact) mass is 412 g/mol. The molecule has 1 aromatic rings. The number of phenolic OH excluding ortho intramolecular Hbond substituents is 2. The van der Waals surface area contributed by atoms with Crippen molar-refractivity contribution < 1.29 is 27.8 Å². The third-order valence-electron chi connectivity index (χ3n) is 2.40. The van der Waals surface area contributed by atoms with E-state index < -0.39 is 21.6 Å². The van der Waals surface area contributed by atoms with Crippen LogP contribution in [0, 0.1) is 0 Å². The minimum Gasteiger partial charge on any atom is -0.508 e. The number of benzene rings is 1. The lowest BCUT2D eigenvalue weighted by Crippen LogP contribution is -2.37. The van der Waals surface area contributed by atoms with Gasteiger partial charge in [-0.05, 0) is 41.8 Å². The molecule has 0 aliphatic carbocycles. The van der Waals surface area contributed by atoms with Crippen molar-refractivity contribution in [3.8, 4) is 11.5 Å². The first-order valence-corrected chi connectivity index (χ1v) is 6.75. The lowest BCUT2D eigenvalue weighted by molar-refractivity contribution is -0.160. The third-order valence-corrected chi connectivity index (χ3v) is 3.55. The van der Waals surface area contributed by atoms with E-state index in [2.05, 4.69) is 11.6 Å². The standard InChI is InChI=1S/C11H10ClF4IO2/c12-11(15,16)10(13,14)5-7(17)3-6-4-8(18)1-2-9(6)19/h1-2,4,7,18-19H,3,5H2. The molecule has 2 N–H and O–H groups in total. The van der Waals surface area contributed by atoms with Gasteiger partial charge in [-0.3, -0.25) is 0 Å². The lowest BCUT2D eigenvalue weighted by Gasteiger charge is -2.23. The van der Waals surface area contributed by atoms with Crippen molar-refractivity contribution in [1.82, 2.24) is 0 Å². The first kappa shape index (κ1) is 16.6. The summed E-state index contributed by atoms with van der Waals surface area (Å²) in [5.41, 5.74) is 0.202. The summed E-state index contributed by atoms with van der Waals surface area (Å²) < 4.78 is 50.2. The summed E-state index contributed by atoms with van der Waals surface area (Å²) in [6.45, 7) is 0. The SMILES string of the molecule is Oc1ccc(O)c(CC(I)CC(F)(F)C(F)(F)Cl)c1. The van der Waals surface area contributed by atoms with Crippen LogP contribution in [0.1, 0.15) is 12.0 Å². The molecule has 8 heteroatoms. The van der Waals surface area contributed by atoms with Crippen LogP contribution in [0.5, 0.6) is 11.5 Å². The summed E-state index contributed by atoms with van der Waals surface area (Å²) in [7, 11) is 0. The summed E-state index contributed by atoms with van der Waals surface area (Å²) in [4.78, 5) is 0. The van der Waals surface area contributed by atoms with Gasteiger partial charge in [0.1, 0.15) is 11.5 Å². The number of halogens is 6. The maximum Gasteiger partial charge on any atom is 0.384 e. The number of alkyl halides is 6. The largest absolute Gasteiger partial charge is 0.508 e. The van der Waals surface area contributed by atoms with E-state index in [-0.39, 0.29) is 23.5 Å². The Morgan fingerprint density at radius 3 is 2.32 bits per heavy atom. The number of rotatable bonds is 5. The highest BCUT2D eigenvalue weighted by Gasteiger charge is 2.55. The van der Waals surface area contributed by atoms with Gasteiger partial charge in [-0.1, -0.05) is 22.6 Å². The van der Waals surface area contributed by atoms with Gasteiger partial charge in [-0.25, -0.2) is 0 Å². The maximum atomic E-state index is 13.1. The highest BCUT2D eigenvalue weighted by molar-refractivity contribution is 14.1. The van der Waals surface area contributed by atoms with E-state index in [9.17, 15) is 27.8 Å². The molecular weight excluding hydrogens is 402 g/mol. The van der Waals surface area contributed by atoms with Gasteiger partial charge >= 0.3 is 11.3 Å². The number of hydrogen-bond acceptors (Lipinski definition) is 2. The second-order valence-electron chi connectivity index (χ2n) is 4.02. The zero-order valence-corrected chi connectivity index (χ0v) is 12.3. The Morgan fingerprint density at radius 1 is 1.21 bits per heavy atom. The van der Waals surface area contributed by atoms with Gasteiger partial charge in [0.15, 0.2) is 0 Å². The minimum absolute atomic E-state index is 0.0939. The van der Waals surface area contributed by atoms with Crippen molar-refractivity contribution in [3.63, 3.8) is 0 Å². The molecule has 1 aromatic carbocycles.